The molecule has 0 N–H and O–H groups in total. The van der Waals surface area contributed by atoms with Crippen LogP contribution in [0.5, 0.6) is 0 Å². The van der Waals surface area contributed by atoms with Crippen molar-refractivity contribution in [1.29, 1.82) is 0 Å². The summed E-state index contributed by atoms with van der Waals surface area (Å²) < 4.78 is 0. The maximum atomic E-state index is 2.64. The summed E-state index contributed by atoms with van der Waals surface area (Å²) >= 11 is 0. The first-order chi connectivity index (χ1) is 13.1. The molecule has 1 nitrogen and oxygen atoms in total. The van der Waals surface area contributed by atoms with Gasteiger partial charge in [-0.1, -0.05) is 68.5 Å². The first kappa shape index (κ1) is 18.5. The molecule has 142 valence electrons. The van der Waals surface area contributed by atoms with Crippen molar-refractivity contribution in [2.75, 3.05) is 13.1 Å². The number of piperidine rings is 1. The summed E-state index contributed by atoms with van der Waals surface area (Å²) in [6.45, 7) is 11.8. The zero-order chi connectivity index (χ0) is 19.0. The van der Waals surface area contributed by atoms with E-state index < -0.39 is 0 Å². The molecule has 2 aromatic carbocycles. The number of rotatable bonds is 3. The van der Waals surface area contributed by atoms with Crippen molar-refractivity contribution in [1.82, 2.24) is 4.90 Å². The van der Waals surface area contributed by atoms with Crippen LogP contribution in [0.2, 0.25) is 0 Å². The zero-order valence-corrected chi connectivity index (χ0v) is 17.3. The molecule has 1 heteroatoms. The van der Waals surface area contributed by atoms with E-state index in [1.54, 1.807) is 5.56 Å². The van der Waals surface area contributed by atoms with Gasteiger partial charge >= 0.3 is 0 Å². The van der Waals surface area contributed by atoms with Gasteiger partial charge in [0.2, 0.25) is 0 Å². The molecule has 0 saturated carbocycles. The Balaban J connectivity index is 1.80. The Hall–Kier alpha value is -1.86. The van der Waals surface area contributed by atoms with Gasteiger partial charge in [-0.05, 0) is 79.4 Å². The lowest BCUT2D eigenvalue weighted by Gasteiger charge is -2.39. The monoisotopic (exact) mass is 359 g/mol. The molecule has 1 saturated heterocycles. The number of hydrogen-bond donors (Lipinski definition) is 0. The van der Waals surface area contributed by atoms with E-state index in [-0.39, 0.29) is 0 Å². The molecule has 1 fully saturated rings. The number of hydrogen-bond acceptors (Lipinski definition) is 1. The standard InChI is InChI=1S/C26H33N/c1-18(2)25-17-21-9-5-6-10-22(21)26(24-12-8-7-11-23(24)25)20-13-15-27(16-14-20)19(3)4/h5-12,17-20,26H,13-16H2,1-4H3. The first-order valence-corrected chi connectivity index (χ1v) is 10.7. The normalized spacial score (nSPS) is 21.0. The van der Waals surface area contributed by atoms with Crippen LogP contribution >= 0.6 is 0 Å². The molecule has 0 amide bonds. The van der Waals surface area contributed by atoms with Crippen molar-refractivity contribution in [2.45, 2.75) is 52.5 Å². The van der Waals surface area contributed by atoms with Crippen molar-refractivity contribution < 1.29 is 0 Å². The first-order valence-electron chi connectivity index (χ1n) is 10.7. The number of benzene rings is 2. The van der Waals surface area contributed by atoms with Crippen LogP contribution in [0.4, 0.5) is 0 Å². The highest BCUT2D eigenvalue weighted by Gasteiger charge is 2.33. The lowest BCUT2D eigenvalue weighted by molar-refractivity contribution is 0.142. The molecule has 0 radical (unpaired) electrons. The Bertz CT molecular complexity index is 822. The van der Waals surface area contributed by atoms with E-state index in [9.17, 15) is 0 Å². The Morgan fingerprint density at radius 2 is 1.44 bits per heavy atom. The summed E-state index contributed by atoms with van der Waals surface area (Å²) in [7, 11) is 0. The van der Waals surface area contributed by atoms with Gasteiger partial charge in [-0.3, -0.25) is 0 Å². The minimum Gasteiger partial charge on any atom is -0.301 e. The third-order valence-corrected chi connectivity index (χ3v) is 6.65. The molecule has 4 rings (SSSR count). The number of nitrogens with zero attached hydrogens (tertiary/aromatic N) is 1. The van der Waals surface area contributed by atoms with Crippen molar-refractivity contribution in [3.8, 4) is 0 Å². The lowest BCUT2D eigenvalue weighted by atomic mass is 9.74. The van der Waals surface area contributed by atoms with Crippen LogP contribution in [-0.2, 0) is 0 Å². The van der Waals surface area contributed by atoms with Gasteiger partial charge in [0, 0.05) is 12.0 Å². The summed E-state index contributed by atoms with van der Waals surface area (Å²) in [4.78, 5) is 2.64. The van der Waals surface area contributed by atoms with E-state index in [4.69, 9.17) is 0 Å². The predicted octanol–water partition coefficient (Wildman–Crippen LogP) is 6.45. The SMILES string of the molecule is CC(C)C1=Cc2ccccc2C(C2CCN(C(C)C)CC2)c2ccccc21. The molecule has 2 aromatic rings. The van der Waals surface area contributed by atoms with Gasteiger partial charge in [0.25, 0.3) is 0 Å². The van der Waals surface area contributed by atoms with Crippen molar-refractivity contribution >= 4 is 11.6 Å². The quantitative estimate of drug-likeness (QED) is 0.609. The average molecular weight is 360 g/mol. The fraction of sp³-hybridized carbons (Fsp3) is 0.462. The van der Waals surface area contributed by atoms with Crippen molar-refractivity contribution in [3.63, 3.8) is 0 Å². The molecular formula is C26H33N. The van der Waals surface area contributed by atoms with Gasteiger partial charge < -0.3 is 4.90 Å². The number of likely N-dealkylation sites (tertiary alicyclic amines) is 1. The highest BCUT2D eigenvalue weighted by Crippen LogP contribution is 2.46. The van der Waals surface area contributed by atoms with E-state index in [0.29, 0.717) is 17.9 Å². The largest absolute Gasteiger partial charge is 0.301 e. The van der Waals surface area contributed by atoms with Gasteiger partial charge in [-0.2, -0.15) is 0 Å². The lowest BCUT2D eigenvalue weighted by Crippen LogP contribution is -2.40. The Morgan fingerprint density at radius 1 is 0.815 bits per heavy atom. The fourth-order valence-electron chi connectivity index (χ4n) is 5.12. The van der Waals surface area contributed by atoms with Crippen LogP contribution < -0.4 is 0 Å². The Morgan fingerprint density at radius 3 is 2.11 bits per heavy atom. The molecule has 1 aliphatic heterocycles. The molecular weight excluding hydrogens is 326 g/mol. The molecule has 1 heterocycles. The molecule has 1 aliphatic carbocycles. The summed E-state index contributed by atoms with van der Waals surface area (Å²) in [5, 5.41) is 0. The highest BCUT2D eigenvalue weighted by atomic mass is 15.1. The van der Waals surface area contributed by atoms with Crippen LogP contribution in [0.25, 0.3) is 11.6 Å². The maximum absolute atomic E-state index is 2.64. The van der Waals surface area contributed by atoms with Gasteiger partial charge in [-0.25, -0.2) is 0 Å². The summed E-state index contributed by atoms with van der Waals surface area (Å²) in [5.74, 6) is 1.77. The molecule has 1 unspecified atom stereocenters. The van der Waals surface area contributed by atoms with Crippen molar-refractivity contribution in [3.05, 3.63) is 70.8 Å². The van der Waals surface area contributed by atoms with E-state index in [2.05, 4.69) is 87.2 Å². The summed E-state index contributed by atoms with van der Waals surface area (Å²) in [5.41, 5.74) is 7.46. The van der Waals surface area contributed by atoms with Gasteiger partial charge in [0.05, 0.1) is 0 Å². The van der Waals surface area contributed by atoms with Crippen molar-refractivity contribution in [2.24, 2.45) is 11.8 Å². The highest BCUT2D eigenvalue weighted by molar-refractivity contribution is 5.87. The minimum absolute atomic E-state index is 0.513. The van der Waals surface area contributed by atoms with Crippen LogP contribution in [0.3, 0.4) is 0 Å². The average Bonchev–Trinajstić information content (AvgIpc) is 2.82. The van der Waals surface area contributed by atoms with Gasteiger partial charge in [-0.15, -0.1) is 0 Å². The number of allylic oxidation sites excluding steroid dienone is 1. The third kappa shape index (κ3) is 3.50. The van der Waals surface area contributed by atoms with Crippen LogP contribution in [0.15, 0.2) is 48.5 Å². The number of fused-ring (bicyclic) bond motifs is 2. The van der Waals surface area contributed by atoms with Crippen LogP contribution in [0.1, 0.15) is 68.7 Å². The molecule has 0 spiro atoms. The van der Waals surface area contributed by atoms with Crippen LogP contribution in [0, 0.1) is 11.8 Å². The molecule has 0 bridgehead atoms. The third-order valence-electron chi connectivity index (χ3n) is 6.65. The van der Waals surface area contributed by atoms with Gasteiger partial charge in [0.15, 0.2) is 0 Å². The van der Waals surface area contributed by atoms with E-state index in [1.807, 2.05) is 0 Å². The predicted molar refractivity (Wildman–Crippen MR) is 117 cm³/mol. The fourth-order valence-corrected chi connectivity index (χ4v) is 5.12. The summed E-state index contributed by atoms with van der Waals surface area (Å²) in [6, 6.07) is 19.0. The van der Waals surface area contributed by atoms with E-state index >= 15 is 0 Å². The smallest absolute Gasteiger partial charge is 0.0130 e. The molecule has 0 aromatic heterocycles. The van der Waals surface area contributed by atoms with Gasteiger partial charge in [0.1, 0.15) is 0 Å². The second kappa shape index (κ2) is 7.64. The molecule has 2 aliphatic rings. The Kier molecular flexibility index (Phi) is 5.23. The second-order valence-electron chi connectivity index (χ2n) is 8.92. The molecule has 1 atom stereocenters. The van der Waals surface area contributed by atoms with Crippen LogP contribution in [-0.4, -0.2) is 24.0 Å². The second-order valence-corrected chi connectivity index (χ2v) is 8.92. The van der Waals surface area contributed by atoms with E-state index in [1.165, 1.54) is 48.2 Å². The zero-order valence-electron chi connectivity index (χ0n) is 17.3. The summed E-state index contributed by atoms with van der Waals surface area (Å²) in [6.07, 6.45) is 5.05. The molecule has 27 heavy (non-hydrogen) atoms. The topological polar surface area (TPSA) is 3.24 Å². The van der Waals surface area contributed by atoms with E-state index in [0.717, 1.165) is 5.92 Å². The Labute approximate surface area is 165 Å². The minimum atomic E-state index is 0.513. The maximum Gasteiger partial charge on any atom is 0.0130 e.